The number of nitrogens with zero attached hydrogens (tertiary/aromatic N) is 4. The molecule has 0 aliphatic carbocycles. The van der Waals surface area contributed by atoms with Crippen LogP contribution in [0, 0.1) is 5.92 Å². The molecular weight excluding hydrogens is 404 g/mol. The van der Waals surface area contributed by atoms with Gasteiger partial charge in [-0.25, -0.2) is 22.5 Å². The number of amides is 2. The number of carbonyl (C=O) groups is 1. The van der Waals surface area contributed by atoms with E-state index in [2.05, 4.69) is 15.2 Å². The van der Waals surface area contributed by atoms with Crippen LogP contribution in [0.3, 0.4) is 0 Å². The number of fused-ring (bicyclic) bond motifs is 1. The lowest BCUT2D eigenvalue weighted by molar-refractivity contribution is 0.246. The van der Waals surface area contributed by atoms with Gasteiger partial charge in [0.15, 0.2) is 0 Å². The van der Waals surface area contributed by atoms with Crippen molar-refractivity contribution < 1.29 is 13.2 Å². The predicted octanol–water partition coefficient (Wildman–Crippen LogP) is 1.05. The van der Waals surface area contributed by atoms with E-state index in [9.17, 15) is 13.2 Å². The van der Waals surface area contributed by atoms with Crippen LogP contribution in [0.25, 0.3) is 0 Å². The third-order valence-corrected chi connectivity index (χ3v) is 7.28. The van der Waals surface area contributed by atoms with Crippen LogP contribution in [0.5, 0.6) is 0 Å². The topological polar surface area (TPSA) is 111 Å². The summed E-state index contributed by atoms with van der Waals surface area (Å²) in [6.07, 6.45) is 1.48. The number of anilines is 1. The van der Waals surface area contributed by atoms with Crippen molar-refractivity contribution in [2.24, 2.45) is 16.6 Å². The first kappa shape index (κ1) is 22.4. The second kappa shape index (κ2) is 8.81. The SMILES string of the molecule is CC(C)[C@H]1CN(S(=O)(=O)c2ccc3c(c2)CCN3C(=O)NCCCN(C)C)C(N)=N1. The highest BCUT2D eigenvalue weighted by atomic mass is 32.2. The van der Waals surface area contributed by atoms with Gasteiger partial charge in [0.05, 0.1) is 17.5 Å². The molecular formula is C20H32N6O3S. The molecule has 1 aromatic rings. The van der Waals surface area contributed by atoms with E-state index < -0.39 is 10.0 Å². The highest BCUT2D eigenvalue weighted by Gasteiger charge is 2.36. The fourth-order valence-electron chi connectivity index (χ4n) is 3.68. The van der Waals surface area contributed by atoms with Crippen LogP contribution in [0.4, 0.5) is 10.5 Å². The van der Waals surface area contributed by atoms with Crippen molar-refractivity contribution in [2.45, 2.75) is 37.6 Å². The zero-order chi connectivity index (χ0) is 22.1. The first-order valence-corrected chi connectivity index (χ1v) is 11.7. The van der Waals surface area contributed by atoms with Gasteiger partial charge in [0.2, 0.25) is 5.96 Å². The van der Waals surface area contributed by atoms with Gasteiger partial charge in [-0.2, -0.15) is 0 Å². The third kappa shape index (κ3) is 4.54. The van der Waals surface area contributed by atoms with Crippen molar-refractivity contribution in [2.75, 3.05) is 45.2 Å². The molecule has 0 radical (unpaired) electrons. The fourth-order valence-corrected chi connectivity index (χ4v) is 5.11. The number of sulfonamides is 1. The zero-order valence-electron chi connectivity index (χ0n) is 18.1. The number of benzene rings is 1. The largest absolute Gasteiger partial charge is 0.369 e. The fraction of sp³-hybridized carbons (Fsp3) is 0.600. The monoisotopic (exact) mass is 436 g/mol. The summed E-state index contributed by atoms with van der Waals surface area (Å²) >= 11 is 0. The van der Waals surface area contributed by atoms with Crippen molar-refractivity contribution in [3.05, 3.63) is 23.8 Å². The molecule has 1 atom stereocenters. The van der Waals surface area contributed by atoms with E-state index in [4.69, 9.17) is 5.73 Å². The Hall–Kier alpha value is -2.33. The molecule has 2 heterocycles. The van der Waals surface area contributed by atoms with Crippen LogP contribution in [0.15, 0.2) is 28.1 Å². The van der Waals surface area contributed by atoms with Crippen LogP contribution in [-0.2, 0) is 16.4 Å². The number of hydrogen-bond acceptors (Lipinski definition) is 6. The second-order valence-electron chi connectivity index (χ2n) is 8.42. The lowest BCUT2D eigenvalue weighted by Crippen LogP contribution is -2.40. The first-order valence-electron chi connectivity index (χ1n) is 10.3. The Balaban J connectivity index is 1.71. The van der Waals surface area contributed by atoms with Gasteiger partial charge in [-0.1, -0.05) is 13.8 Å². The minimum atomic E-state index is -3.79. The Kier molecular flexibility index (Phi) is 6.56. The number of nitrogens with one attached hydrogen (secondary N) is 1. The van der Waals surface area contributed by atoms with Crippen LogP contribution in [0.1, 0.15) is 25.8 Å². The molecule has 0 spiro atoms. The minimum Gasteiger partial charge on any atom is -0.369 e. The summed E-state index contributed by atoms with van der Waals surface area (Å²) in [5.41, 5.74) is 7.51. The van der Waals surface area contributed by atoms with Gasteiger partial charge >= 0.3 is 6.03 Å². The summed E-state index contributed by atoms with van der Waals surface area (Å²) in [5, 5.41) is 2.93. The number of guanidine groups is 1. The maximum atomic E-state index is 13.1. The summed E-state index contributed by atoms with van der Waals surface area (Å²) in [6, 6.07) is 4.61. The van der Waals surface area contributed by atoms with Gasteiger partial charge in [0.1, 0.15) is 0 Å². The highest BCUT2D eigenvalue weighted by molar-refractivity contribution is 7.89. The highest BCUT2D eigenvalue weighted by Crippen LogP contribution is 2.32. The molecule has 30 heavy (non-hydrogen) atoms. The molecule has 0 saturated heterocycles. The van der Waals surface area contributed by atoms with Crippen LogP contribution < -0.4 is 16.0 Å². The number of carbonyl (C=O) groups excluding carboxylic acids is 1. The molecule has 9 nitrogen and oxygen atoms in total. The van der Waals surface area contributed by atoms with Gasteiger partial charge in [0, 0.05) is 18.8 Å². The van der Waals surface area contributed by atoms with E-state index in [0.717, 1.165) is 24.2 Å². The van der Waals surface area contributed by atoms with E-state index in [1.165, 1.54) is 4.31 Å². The molecule has 1 aromatic carbocycles. The van der Waals surface area contributed by atoms with Gasteiger partial charge in [-0.15, -0.1) is 0 Å². The molecule has 0 aromatic heterocycles. The number of hydrogen-bond donors (Lipinski definition) is 2. The van der Waals surface area contributed by atoms with E-state index in [-0.39, 0.29) is 35.4 Å². The normalized spacial score (nSPS) is 18.9. The summed E-state index contributed by atoms with van der Waals surface area (Å²) in [6.45, 7) is 6.27. The summed E-state index contributed by atoms with van der Waals surface area (Å²) in [7, 11) is 0.204. The van der Waals surface area contributed by atoms with Crippen LogP contribution in [0.2, 0.25) is 0 Å². The molecule has 0 saturated carbocycles. The Morgan fingerprint density at radius 1 is 1.37 bits per heavy atom. The van der Waals surface area contributed by atoms with Crippen molar-refractivity contribution in [1.82, 2.24) is 14.5 Å². The molecule has 0 unspecified atom stereocenters. The molecule has 2 amide bonds. The first-order chi connectivity index (χ1) is 14.1. The van der Waals surface area contributed by atoms with E-state index in [1.54, 1.807) is 23.1 Å². The number of aliphatic imine (C=N–C) groups is 1. The molecule has 10 heteroatoms. The van der Waals surface area contributed by atoms with Crippen molar-refractivity contribution >= 4 is 27.7 Å². The molecule has 2 aliphatic rings. The number of rotatable bonds is 7. The molecule has 166 valence electrons. The minimum absolute atomic E-state index is 0.0351. The molecule has 3 rings (SSSR count). The quantitative estimate of drug-likeness (QED) is 0.621. The number of urea groups is 1. The standard InChI is InChI=1S/C20H32N6O3S/c1-14(2)17-13-26(19(21)23-17)30(28,29)16-6-7-18-15(12-16)8-11-25(18)20(27)22-9-5-10-24(3)4/h6-7,12,14,17H,5,8-11,13H2,1-4H3,(H2,21,23)(H,22,27)/t17-/m1/s1. The van der Waals surface area contributed by atoms with E-state index in [1.807, 2.05) is 27.9 Å². The Labute approximate surface area is 179 Å². The molecule has 0 bridgehead atoms. The van der Waals surface area contributed by atoms with Crippen molar-refractivity contribution in [3.8, 4) is 0 Å². The number of nitrogens with two attached hydrogens (primary N) is 1. The summed E-state index contributed by atoms with van der Waals surface area (Å²) < 4.78 is 27.4. The van der Waals surface area contributed by atoms with Crippen molar-refractivity contribution in [3.63, 3.8) is 0 Å². The zero-order valence-corrected chi connectivity index (χ0v) is 18.9. The van der Waals surface area contributed by atoms with Gasteiger partial charge in [0.25, 0.3) is 10.0 Å². The Morgan fingerprint density at radius 2 is 2.10 bits per heavy atom. The maximum absolute atomic E-state index is 13.1. The van der Waals surface area contributed by atoms with E-state index in [0.29, 0.717) is 19.5 Å². The average molecular weight is 437 g/mol. The maximum Gasteiger partial charge on any atom is 0.321 e. The molecule has 2 aliphatic heterocycles. The van der Waals surface area contributed by atoms with Crippen molar-refractivity contribution in [1.29, 1.82) is 0 Å². The van der Waals surface area contributed by atoms with Crippen LogP contribution >= 0.6 is 0 Å². The summed E-state index contributed by atoms with van der Waals surface area (Å²) in [4.78, 5) is 20.7. The Morgan fingerprint density at radius 3 is 2.73 bits per heavy atom. The third-order valence-electron chi connectivity index (χ3n) is 5.51. The van der Waals surface area contributed by atoms with Crippen LogP contribution in [-0.4, -0.2) is 75.9 Å². The lowest BCUT2D eigenvalue weighted by atomic mass is 10.1. The van der Waals surface area contributed by atoms with Gasteiger partial charge in [-0.05, 0) is 63.2 Å². The Bertz CT molecular complexity index is 928. The van der Waals surface area contributed by atoms with E-state index >= 15 is 0 Å². The average Bonchev–Trinajstić information content (AvgIpc) is 3.28. The predicted molar refractivity (Wildman–Crippen MR) is 118 cm³/mol. The van der Waals surface area contributed by atoms with Gasteiger partial charge < -0.3 is 16.0 Å². The molecule has 0 fully saturated rings. The lowest BCUT2D eigenvalue weighted by Gasteiger charge is -2.21. The smallest absolute Gasteiger partial charge is 0.321 e. The second-order valence-corrected chi connectivity index (χ2v) is 10.3. The van der Waals surface area contributed by atoms with Gasteiger partial charge in [-0.3, -0.25) is 4.90 Å². The molecule has 3 N–H and O–H groups in total. The summed E-state index contributed by atoms with van der Waals surface area (Å²) in [5.74, 6) is 0.237.